The highest BCUT2D eigenvalue weighted by atomic mass is 16.7. The SMILES string of the molecule is Cc1cc(C(=O)N(CCCc2ccccc2)Cc2ccc3c(c2)OCO3)nn1C. The highest BCUT2D eigenvalue weighted by Gasteiger charge is 2.21. The molecule has 0 unspecified atom stereocenters. The number of ether oxygens (including phenoxy) is 2. The van der Waals surface area contributed by atoms with Crippen molar-refractivity contribution in [3.63, 3.8) is 0 Å². The van der Waals surface area contributed by atoms with E-state index in [-0.39, 0.29) is 12.7 Å². The minimum Gasteiger partial charge on any atom is -0.454 e. The zero-order valence-corrected chi connectivity index (χ0v) is 16.8. The van der Waals surface area contributed by atoms with Crippen LogP contribution in [0.15, 0.2) is 54.6 Å². The van der Waals surface area contributed by atoms with E-state index in [1.54, 1.807) is 4.68 Å². The number of carbonyl (C=O) groups is 1. The van der Waals surface area contributed by atoms with Gasteiger partial charge in [-0.05, 0) is 49.1 Å². The van der Waals surface area contributed by atoms with Crippen LogP contribution in [0.3, 0.4) is 0 Å². The molecule has 6 heteroatoms. The molecule has 1 aliphatic rings. The summed E-state index contributed by atoms with van der Waals surface area (Å²) in [6.45, 7) is 3.34. The molecule has 0 saturated carbocycles. The van der Waals surface area contributed by atoms with Crippen molar-refractivity contribution in [3.8, 4) is 11.5 Å². The maximum atomic E-state index is 13.2. The van der Waals surface area contributed by atoms with E-state index in [4.69, 9.17) is 9.47 Å². The Hall–Kier alpha value is -3.28. The second kappa shape index (κ2) is 8.39. The zero-order chi connectivity index (χ0) is 20.2. The van der Waals surface area contributed by atoms with Gasteiger partial charge in [-0.3, -0.25) is 9.48 Å². The average Bonchev–Trinajstić information content (AvgIpc) is 3.33. The molecule has 0 aliphatic carbocycles. The van der Waals surface area contributed by atoms with E-state index >= 15 is 0 Å². The molecule has 0 radical (unpaired) electrons. The summed E-state index contributed by atoms with van der Waals surface area (Å²) >= 11 is 0. The summed E-state index contributed by atoms with van der Waals surface area (Å²) < 4.78 is 12.6. The van der Waals surface area contributed by atoms with Gasteiger partial charge in [-0.25, -0.2) is 0 Å². The standard InChI is InChI=1S/C23H25N3O3/c1-17-13-20(24-25(17)2)23(27)26(12-6-9-18-7-4-3-5-8-18)15-19-10-11-21-22(14-19)29-16-28-21/h3-5,7-8,10-11,13-14H,6,9,12,15-16H2,1-2H3. The van der Waals surface area contributed by atoms with E-state index in [1.807, 2.05) is 61.3 Å². The van der Waals surface area contributed by atoms with Gasteiger partial charge < -0.3 is 14.4 Å². The molecule has 4 rings (SSSR count). The molecule has 3 aromatic rings. The lowest BCUT2D eigenvalue weighted by molar-refractivity contribution is 0.0734. The number of carbonyl (C=O) groups excluding carboxylic acids is 1. The predicted molar refractivity (Wildman–Crippen MR) is 110 cm³/mol. The summed E-state index contributed by atoms with van der Waals surface area (Å²) in [7, 11) is 1.85. The van der Waals surface area contributed by atoms with Crippen LogP contribution in [0.4, 0.5) is 0 Å². The number of benzene rings is 2. The van der Waals surface area contributed by atoms with Crippen LogP contribution in [0.25, 0.3) is 0 Å². The summed E-state index contributed by atoms with van der Waals surface area (Å²) in [4.78, 5) is 15.0. The number of hydrogen-bond acceptors (Lipinski definition) is 4. The molecule has 0 spiro atoms. The molecule has 2 aromatic carbocycles. The minimum absolute atomic E-state index is 0.0561. The Bertz CT molecular complexity index is 978. The number of nitrogens with zero attached hydrogens (tertiary/aromatic N) is 3. The number of aromatic nitrogens is 2. The van der Waals surface area contributed by atoms with E-state index < -0.39 is 0 Å². The van der Waals surface area contributed by atoms with Crippen LogP contribution in [-0.2, 0) is 20.0 Å². The van der Waals surface area contributed by atoms with Crippen LogP contribution in [0, 0.1) is 6.92 Å². The Labute approximate surface area is 170 Å². The molecule has 1 amide bonds. The van der Waals surface area contributed by atoms with Crippen molar-refractivity contribution in [2.45, 2.75) is 26.3 Å². The average molecular weight is 391 g/mol. The second-order valence-electron chi connectivity index (χ2n) is 7.30. The Balaban J connectivity index is 1.50. The Morgan fingerprint density at radius 1 is 1.07 bits per heavy atom. The Kier molecular flexibility index (Phi) is 5.51. The van der Waals surface area contributed by atoms with Gasteiger partial charge in [0.05, 0.1) is 0 Å². The van der Waals surface area contributed by atoms with Crippen LogP contribution in [0.1, 0.15) is 33.7 Å². The number of fused-ring (bicyclic) bond motifs is 1. The number of rotatable bonds is 7. The molecule has 0 fully saturated rings. The van der Waals surface area contributed by atoms with Crippen LogP contribution >= 0.6 is 0 Å². The van der Waals surface area contributed by atoms with Gasteiger partial charge in [0.2, 0.25) is 6.79 Å². The van der Waals surface area contributed by atoms with Crippen molar-refractivity contribution in [1.29, 1.82) is 0 Å². The topological polar surface area (TPSA) is 56.6 Å². The molecule has 1 aromatic heterocycles. The zero-order valence-electron chi connectivity index (χ0n) is 16.8. The van der Waals surface area contributed by atoms with E-state index in [1.165, 1.54) is 5.56 Å². The van der Waals surface area contributed by atoms with Crippen molar-refractivity contribution in [3.05, 3.63) is 77.1 Å². The van der Waals surface area contributed by atoms with Crippen LogP contribution in [0.2, 0.25) is 0 Å². The third-order valence-electron chi connectivity index (χ3n) is 5.17. The maximum absolute atomic E-state index is 13.2. The van der Waals surface area contributed by atoms with E-state index in [0.29, 0.717) is 18.8 Å². The summed E-state index contributed by atoms with van der Waals surface area (Å²) in [5.41, 5.74) is 3.72. The predicted octanol–water partition coefficient (Wildman–Crippen LogP) is 3.73. The first-order chi connectivity index (χ1) is 14.1. The van der Waals surface area contributed by atoms with E-state index in [2.05, 4.69) is 17.2 Å². The monoisotopic (exact) mass is 391 g/mol. The molecule has 0 N–H and O–H groups in total. The normalized spacial score (nSPS) is 12.2. The van der Waals surface area contributed by atoms with Gasteiger partial charge in [0, 0.05) is 25.8 Å². The first-order valence-electron chi connectivity index (χ1n) is 9.82. The lowest BCUT2D eigenvalue weighted by Crippen LogP contribution is -2.32. The van der Waals surface area contributed by atoms with E-state index in [0.717, 1.165) is 35.6 Å². The molecule has 150 valence electrons. The van der Waals surface area contributed by atoms with Gasteiger partial charge in [0.1, 0.15) is 0 Å². The minimum atomic E-state index is -0.0561. The molecule has 6 nitrogen and oxygen atoms in total. The number of hydrogen-bond donors (Lipinski definition) is 0. The fourth-order valence-corrected chi connectivity index (χ4v) is 3.46. The van der Waals surface area contributed by atoms with Crippen LogP contribution in [-0.4, -0.2) is 33.9 Å². The molecule has 2 heterocycles. The maximum Gasteiger partial charge on any atom is 0.274 e. The van der Waals surface area contributed by atoms with Gasteiger partial charge in [-0.15, -0.1) is 0 Å². The van der Waals surface area contributed by atoms with Crippen molar-refractivity contribution in [2.24, 2.45) is 7.05 Å². The first-order valence-corrected chi connectivity index (χ1v) is 9.82. The number of amides is 1. The van der Waals surface area contributed by atoms with Crippen LogP contribution < -0.4 is 9.47 Å². The van der Waals surface area contributed by atoms with E-state index in [9.17, 15) is 4.79 Å². The summed E-state index contributed by atoms with van der Waals surface area (Å²) in [5.74, 6) is 1.42. The Morgan fingerprint density at radius 2 is 1.86 bits per heavy atom. The summed E-state index contributed by atoms with van der Waals surface area (Å²) in [6.07, 6.45) is 1.80. The van der Waals surface area contributed by atoms with Crippen molar-refractivity contribution in [1.82, 2.24) is 14.7 Å². The van der Waals surface area contributed by atoms with Crippen molar-refractivity contribution in [2.75, 3.05) is 13.3 Å². The third-order valence-corrected chi connectivity index (χ3v) is 5.17. The summed E-state index contributed by atoms with van der Waals surface area (Å²) in [5, 5.41) is 4.38. The fraction of sp³-hybridized carbons (Fsp3) is 0.304. The van der Waals surface area contributed by atoms with Gasteiger partial charge in [0.15, 0.2) is 17.2 Å². The Morgan fingerprint density at radius 3 is 2.62 bits per heavy atom. The molecule has 0 atom stereocenters. The highest BCUT2D eigenvalue weighted by molar-refractivity contribution is 5.92. The second-order valence-corrected chi connectivity index (χ2v) is 7.30. The molecule has 1 aliphatic heterocycles. The summed E-state index contributed by atoms with van der Waals surface area (Å²) in [6, 6.07) is 18.0. The molecular formula is C23H25N3O3. The smallest absolute Gasteiger partial charge is 0.274 e. The third kappa shape index (κ3) is 4.42. The molecule has 0 bridgehead atoms. The van der Waals surface area contributed by atoms with Crippen molar-refractivity contribution < 1.29 is 14.3 Å². The van der Waals surface area contributed by atoms with Gasteiger partial charge in [-0.1, -0.05) is 36.4 Å². The van der Waals surface area contributed by atoms with Gasteiger partial charge in [-0.2, -0.15) is 5.10 Å². The fourth-order valence-electron chi connectivity index (χ4n) is 3.46. The first kappa shape index (κ1) is 19.1. The van der Waals surface area contributed by atoms with Gasteiger partial charge in [0.25, 0.3) is 5.91 Å². The molecule has 0 saturated heterocycles. The largest absolute Gasteiger partial charge is 0.454 e. The lowest BCUT2D eigenvalue weighted by Gasteiger charge is -2.22. The number of aryl methyl sites for hydroxylation is 3. The van der Waals surface area contributed by atoms with Crippen molar-refractivity contribution >= 4 is 5.91 Å². The van der Waals surface area contributed by atoms with Crippen LogP contribution in [0.5, 0.6) is 11.5 Å². The molecular weight excluding hydrogens is 366 g/mol. The van der Waals surface area contributed by atoms with Gasteiger partial charge >= 0.3 is 0 Å². The quantitative estimate of drug-likeness (QED) is 0.616. The highest BCUT2D eigenvalue weighted by Crippen LogP contribution is 2.33. The lowest BCUT2D eigenvalue weighted by atomic mass is 10.1. The molecule has 29 heavy (non-hydrogen) atoms.